The van der Waals surface area contributed by atoms with E-state index in [1.54, 1.807) is 13.8 Å². The molecule has 0 aliphatic carbocycles. The number of aromatic nitrogens is 2. The number of esters is 1. The summed E-state index contributed by atoms with van der Waals surface area (Å²) < 4.78 is 25.1. The molecule has 10 nitrogen and oxygen atoms in total. The highest BCUT2D eigenvalue weighted by Gasteiger charge is 2.57. The van der Waals surface area contributed by atoms with Crippen LogP contribution in [0.2, 0.25) is 0 Å². The highest BCUT2D eigenvalue weighted by molar-refractivity contribution is 5.75. The minimum Gasteiger partial charge on any atom is -0.458 e. The van der Waals surface area contributed by atoms with Crippen molar-refractivity contribution in [3.8, 4) is 0 Å². The first-order valence-corrected chi connectivity index (χ1v) is 7.53. The molecule has 1 aromatic rings. The van der Waals surface area contributed by atoms with Crippen molar-refractivity contribution >= 4 is 5.97 Å². The summed E-state index contributed by atoms with van der Waals surface area (Å²) in [5.41, 5.74) is 3.91. The van der Waals surface area contributed by atoms with Gasteiger partial charge in [-0.15, -0.1) is 0 Å². The van der Waals surface area contributed by atoms with E-state index in [-0.39, 0.29) is 5.92 Å². The van der Waals surface area contributed by atoms with Crippen LogP contribution >= 0.6 is 0 Å². The standard InChI is InChI=1S/C14H20FN3O7/c1-6(2)8(16)12(22)24-5-14(15)10(21)9(20)11(25-14)18-4-3-7(19)17-13(18)23/h3-4,6,8-11,20-21H,5,16H2,1-2H3,(H,17,19,23)/t8?,9-,10+,11-,14-/m1/s1. The molecule has 5 atom stereocenters. The third-order valence-corrected chi connectivity index (χ3v) is 3.90. The van der Waals surface area contributed by atoms with Crippen molar-refractivity contribution in [1.82, 2.24) is 9.55 Å². The molecule has 2 rings (SSSR count). The number of aromatic amines is 1. The van der Waals surface area contributed by atoms with E-state index >= 15 is 0 Å². The number of halogens is 1. The van der Waals surface area contributed by atoms with Crippen molar-refractivity contribution in [2.24, 2.45) is 11.7 Å². The van der Waals surface area contributed by atoms with Crippen LogP contribution in [-0.2, 0) is 14.3 Å². The van der Waals surface area contributed by atoms with Crippen molar-refractivity contribution in [2.45, 2.75) is 44.2 Å². The summed E-state index contributed by atoms with van der Waals surface area (Å²) in [5.74, 6) is -4.11. The van der Waals surface area contributed by atoms with E-state index in [0.717, 1.165) is 12.3 Å². The Morgan fingerprint density at radius 3 is 2.72 bits per heavy atom. The van der Waals surface area contributed by atoms with E-state index in [1.807, 2.05) is 4.98 Å². The predicted octanol–water partition coefficient (Wildman–Crippen LogP) is -2.02. The average Bonchev–Trinajstić information content (AvgIpc) is 2.77. The maximum absolute atomic E-state index is 14.8. The minimum absolute atomic E-state index is 0.254. The fourth-order valence-electron chi connectivity index (χ4n) is 2.26. The molecule has 0 radical (unpaired) electrons. The SMILES string of the molecule is CC(C)C(N)C(=O)OC[C@@]1(F)O[C@@H](n2ccc(=O)[nH]c2=O)[C@H](O)[C@@H]1O. The zero-order chi connectivity index (χ0) is 18.9. The lowest BCUT2D eigenvalue weighted by Gasteiger charge is -2.24. The second kappa shape index (κ2) is 7.04. The Kier molecular flexibility index (Phi) is 5.42. The van der Waals surface area contributed by atoms with Crippen LogP contribution < -0.4 is 17.0 Å². The lowest BCUT2D eigenvalue weighted by Crippen LogP contribution is -2.46. The zero-order valence-corrected chi connectivity index (χ0v) is 13.6. The number of carbonyl (C=O) groups is 1. The van der Waals surface area contributed by atoms with Gasteiger partial charge in [-0.05, 0) is 5.92 Å². The Morgan fingerprint density at radius 1 is 1.52 bits per heavy atom. The smallest absolute Gasteiger partial charge is 0.330 e. The molecule has 1 aliphatic heterocycles. The van der Waals surface area contributed by atoms with Gasteiger partial charge in [0.25, 0.3) is 11.4 Å². The number of aliphatic hydroxyl groups is 2. The summed E-state index contributed by atoms with van der Waals surface area (Å²) in [6.07, 6.45) is -4.58. The number of nitrogens with zero attached hydrogens (tertiary/aromatic N) is 1. The van der Waals surface area contributed by atoms with Crippen molar-refractivity contribution in [3.05, 3.63) is 33.1 Å². The summed E-state index contributed by atoms with van der Waals surface area (Å²) in [7, 11) is 0. The van der Waals surface area contributed by atoms with Gasteiger partial charge in [-0.2, -0.15) is 0 Å². The lowest BCUT2D eigenvalue weighted by molar-refractivity contribution is -0.217. The average molecular weight is 361 g/mol. The fraction of sp³-hybridized carbons (Fsp3) is 0.643. The van der Waals surface area contributed by atoms with Gasteiger partial charge in [-0.3, -0.25) is 19.1 Å². The van der Waals surface area contributed by atoms with Crippen LogP contribution in [0.3, 0.4) is 0 Å². The van der Waals surface area contributed by atoms with Gasteiger partial charge >= 0.3 is 11.7 Å². The number of nitrogens with one attached hydrogen (secondary N) is 1. The van der Waals surface area contributed by atoms with E-state index in [0.29, 0.717) is 4.57 Å². The number of nitrogens with two attached hydrogens (primary N) is 1. The Labute approximate surface area is 141 Å². The lowest BCUT2D eigenvalue weighted by atomic mass is 10.1. The maximum atomic E-state index is 14.8. The van der Waals surface area contributed by atoms with E-state index in [1.165, 1.54) is 0 Å². The molecule has 0 aromatic carbocycles. The second-order valence-corrected chi connectivity index (χ2v) is 6.12. The maximum Gasteiger partial charge on any atom is 0.330 e. The molecule has 1 saturated heterocycles. The summed E-state index contributed by atoms with van der Waals surface area (Å²) in [4.78, 5) is 36.4. The summed E-state index contributed by atoms with van der Waals surface area (Å²) in [6, 6.07) is -0.0336. The van der Waals surface area contributed by atoms with Gasteiger partial charge in [0.2, 0.25) is 0 Å². The molecule has 0 spiro atoms. The predicted molar refractivity (Wildman–Crippen MR) is 81.1 cm³/mol. The molecule has 1 fully saturated rings. The van der Waals surface area contributed by atoms with E-state index in [4.69, 9.17) is 15.2 Å². The topological polar surface area (TPSA) is 157 Å². The molecule has 2 heterocycles. The van der Waals surface area contributed by atoms with Gasteiger partial charge in [0, 0.05) is 12.3 Å². The molecule has 1 aliphatic rings. The molecule has 11 heteroatoms. The third kappa shape index (κ3) is 3.79. The van der Waals surface area contributed by atoms with Gasteiger partial charge in [-0.1, -0.05) is 13.8 Å². The number of ether oxygens (including phenoxy) is 2. The van der Waals surface area contributed by atoms with Crippen LogP contribution in [0.1, 0.15) is 20.1 Å². The molecule has 0 saturated carbocycles. The molecule has 25 heavy (non-hydrogen) atoms. The van der Waals surface area contributed by atoms with Gasteiger partial charge < -0.3 is 25.4 Å². The third-order valence-electron chi connectivity index (χ3n) is 3.90. The number of rotatable bonds is 5. The van der Waals surface area contributed by atoms with E-state index < -0.39 is 54.2 Å². The first-order chi connectivity index (χ1) is 11.6. The number of hydrogen-bond acceptors (Lipinski definition) is 8. The van der Waals surface area contributed by atoms with Crippen molar-refractivity contribution in [1.29, 1.82) is 0 Å². The quantitative estimate of drug-likeness (QED) is 0.438. The molecule has 0 amide bonds. The first-order valence-electron chi connectivity index (χ1n) is 7.53. The number of carbonyl (C=O) groups excluding carboxylic acids is 1. The Bertz CT molecular complexity index is 748. The van der Waals surface area contributed by atoms with Crippen LogP contribution in [0.5, 0.6) is 0 Å². The molecule has 1 aromatic heterocycles. The Hall–Kier alpha value is -2.08. The highest BCUT2D eigenvalue weighted by atomic mass is 19.2. The van der Waals surface area contributed by atoms with Gasteiger partial charge in [0.15, 0.2) is 12.8 Å². The van der Waals surface area contributed by atoms with Gasteiger partial charge in [-0.25, -0.2) is 9.18 Å². The van der Waals surface area contributed by atoms with Gasteiger partial charge in [0.05, 0.1) is 0 Å². The van der Waals surface area contributed by atoms with Crippen LogP contribution in [-0.4, -0.2) is 56.4 Å². The summed E-state index contributed by atoms with van der Waals surface area (Å²) in [6.45, 7) is 2.31. The Morgan fingerprint density at radius 2 is 2.16 bits per heavy atom. The minimum atomic E-state index is -2.95. The van der Waals surface area contributed by atoms with Crippen molar-refractivity contribution in [2.75, 3.05) is 6.61 Å². The van der Waals surface area contributed by atoms with E-state index in [9.17, 15) is 29.0 Å². The van der Waals surface area contributed by atoms with Crippen molar-refractivity contribution in [3.63, 3.8) is 0 Å². The van der Waals surface area contributed by atoms with E-state index in [2.05, 4.69) is 0 Å². The van der Waals surface area contributed by atoms with Gasteiger partial charge in [0.1, 0.15) is 18.2 Å². The number of alkyl halides is 1. The van der Waals surface area contributed by atoms with Crippen LogP contribution in [0, 0.1) is 5.92 Å². The number of H-pyrrole nitrogens is 1. The molecule has 5 N–H and O–H groups in total. The Balaban J connectivity index is 2.16. The molecule has 0 bridgehead atoms. The zero-order valence-electron chi connectivity index (χ0n) is 13.6. The van der Waals surface area contributed by atoms with Crippen LogP contribution in [0.25, 0.3) is 0 Å². The first kappa shape index (κ1) is 19.2. The fourth-order valence-corrected chi connectivity index (χ4v) is 2.26. The largest absolute Gasteiger partial charge is 0.458 e. The van der Waals surface area contributed by atoms with Crippen LogP contribution in [0.15, 0.2) is 21.9 Å². The van der Waals surface area contributed by atoms with Crippen molar-refractivity contribution < 1.29 is 28.9 Å². The molecule has 1 unspecified atom stereocenters. The molecular formula is C14H20FN3O7. The summed E-state index contributed by atoms with van der Waals surface area (Å²) >= 11 is 0. The second-order valence-electron chi connectivity index (χ2n) is 6.12. The van der Waals surface area contributed by atoms with Crippen LogP contribution in [0.4, 0.5) is 4.39 Å². The number of aliphatic hydroxyl groups excluding tert-OH is 2. The summed E-state index contributed by atoms with van der Waals surface area (Å²) in [5, 5.41) is 19.9. The monoisotopic (exact) mass is 361 g/mol. The normalized spacial score (nSPS) is 30.4. The molecular weight excluding hydrogens is 341 g/mol. The molecule has 140 valence electrons. The highest BCUT2D eigenvalue weighted by Crippen LogP contribution is 2.37. The number of hydrogen-bond donors (Lipinski definition) is 4.